The molecular weight excluding hydrogens is 364 g/mol. The number of methoxy groups -OCH3 is 1. The van der Waals surface area contributed by atoms with Gasteiger partial charge in [0, 0.05) is 43.5 Å². The van der Waals surface area contributed by atoms with Crippen LogP contribution in [0.2, 0.25) is 0 Å². The quantitative estimate of drug-likeness (QED) is 0.820. The van der Waals surface area contributed by atoms with Crippen molar-refractivity contribution in [2.45, 2.75) is 13.0 Å². The van der Waals surface area contributed by atoms with Gasteiger partial charge in [-0.1, -0.05) is 0 Å². The van der Waals surface area contributed by atoms with Crippen molar-refractivity contribution in [2.24, 2.45) is 0 Å². The second-order valence-corrected chi connectivity index (χ2v) is 6.96. The predicted octanol–water partition coefficient (Wildman–Crippen LogP) is 1.95. The van der Waals surface area contributed by atoms with E-state index >= 15 is 0 Å². The summed E-state index contributed by atoms with van der Waals surface area (Å²) in [5, 5.41) is 1.79. The summed E-state index contributed by atoms with van der Waals surface area (Å²) >= 11 is 0. The Bertz CT molecular complexity index is 806. The van der Waals surface area contributed by atoms with Gasteiger partial charge in [-0.3, -0.25) is 4.79 Å². The first kappa shape index (κ1) is 20.1. The minimum Gasteiger partial charge on any atom is -0.497 e. The average molecular weight is 390 g/mol. The van der Waals surface area contributed by atoms with E-state index < -0.39 is 11.6 Å². The lowest BCUT2D eigenvalue weighted by atomic mass is 10.1. The van der Waals surface area contributed by atoms with Crippen LogP contribution in [0.4, 0.5) is 14.5 Å². The van der Waals surface area contributed by atoms with Gasteiger partial charge < -0.3 is 19.9 Å². The van der Waals surface area contributed by atoms with Crippen molar-refractivity contribution in [3.63, 3.8) is 0 Å². The van der Waals surface area contributed by atoms with E-state index in [-0.39, 0.29) is 18.5 Å². The number of nitrogens with zero attached hydrogens (tertiary/aromatic N) is 2. The third-order valence-electron chi connectivity index (χ3n) is 5.17. The molecule has 150 valence electrons. The Kier molecular flexibility index (Phi) is 6.46. The number of halogens is 2. The number of anilines is 1. The first-order valence-corrected chi connectivity index (χ1v) is 9.43. The van der Waals surface area contributed by atoms with E-state index in [4.69, 9.17) is 4.74 Å². The van der Waals surface area contributed by atoms with Crippen LogP contribution in [0.1, 0.15) is 18.5 Å². The molecule has 1 aliphatic rings. The number of ether oxygens (including phenoxy) is 1. The van der Waals surface area contributed by atoms with Crippen molar-refractivity contribution in [1.82, 2.24) is 4.90 Å². The molecule has 0 aromatic heterocycles. The normalized spacial score (nSPS) is 15.4. The van der Waals surface area contributed by atoms with Gasteiger partial charge in [0.1, 0.15) is 23.4 Å². The molecular formula is C21H26F2N3O2+. The lowest BCUT2D eigenvalue weighted by molar-refractivity contribution is -0.683. The Morgan fingerprint density at radius 2 is 1.79 bits per heavy atom. The Morgan fingerprint density at radius 1 is 1.11 bits per heavy atom. The SMILES string of the molecule is COc1ccc(N2CCN(C(=O)C[NH2+][C@@H](C)c3ccc(F)cc3F)CC2)cc1. The molecule has 1 atom stereocenters. The second kappa shape index (κ2) is 9.01. The van der Waals surface area contributed by atoms with E-state index in [0.717, 1.165) is 30.6 Å². The fourth-order valence-electron chi connectivity index (χ4n) is 3.41. The molecule has 7 heteroatoms. The highest BCUT2D eigenvalue weighted by Crippen LogP contribution is 2.20. The van der Waals surface area contributed by atoms with Crippen LogP contribution in [-0.2, 0) is 4.79 Å². The molecule has 0 spiro atoms. The maximum absolute atomic E-state index is 13.9. The van der Waals surface area contributed by atoms with Crippen molar-refractivity contribution in [2.75, 3.05) is 44.7 Å². The summed E-state index contributed by atoms with van der Waals surface area (Å²) in [6, 6.07) is 11.2. The summed E-state index contributed by atoms with van der Waals surface area (Å²) in [5.41, 5.74) is 1.51. The molecule has 1 amide bonds. The van der Waals surface area contributed by atoms with Crippen LogP contribution in [0, 0.1) is 11.6 Å². The zero-order chi connectivity index (χ0) is 20.1. The first-order valence-electron chi connectivity index (χ1n) is 9.43. The summed E-state index contributed by atoms with van der Waals surface area (Å²) in [6.45, 7) is 4.88. The summed E-state index contributed by atoms with van der Waals surface area (Å²) in [6.07, 6.45) is 0. The number of quaternary nitrogens is 1. The third kappa shape index (κ3) is 4.78. The smallest absolute Gasteiger partial charge is 0.277 e. The number of hydrogen-bond acceptors (Lipinski definition) is 3. The highest BCUT2D eigenvalue weighted by Gasteiger charge is 2.23. The minimum atomic E-state index is -0.598. The van der Waals surface area contributed by atoms with E-state index in [1.807, 2.05) is 36.1 Å². The number of rotatable bonds is 6. The lowest BCUT2D eigenvalue weighted by Gasteiger charge is -2.36. The van der Waals surface area contributed by atoms with Gasteiger partial charge in [-0.2, -0.15) is 0 Å². The molecule has 0 saturated carbocycles. The average Bonchev–Trinajstić information content (AvgIpc) is 2.72. The molecule has 0 aliphatic carbocycles. The highest BCUT2D eigenvalue weighted by atomic mass is 19.1. The first-order chi connectivity index (χ1) is 13.5. The molecule has 1 fully saturated rings. The fourth-order valence-corrected chi connectivity index (χ4v) is 3.41. The topological polar surface area (TPSA) is 49.4 Å². The Morgan fingerprint density at radius 3 is 2.39 bits per heavy atom. The molecule has 0 radical (unpaired) electrons. The van der Waals surface area contributed by atoms with Gasteiger partial charge >= 0.3 is 0 Å². The predicted molar refractivity (Wildman–Crippen MR) is 103 cm³/mol. The van der Waals surface area contributed by atoms with Crippen molar-refractivity contribution in [1.29, 1.82) is 0 Å². The number of nitrogens with two attached hydrogens (primary N) is 1. The van der Waals surface area contributed by atoms with E-state index in [0.29, 0.717) is 18.7 Å². The number of carbonyl (C=O) groups excluding carboxylic acids is 1. The van der Waals surface area contributed by atoms with E-state index in [1.54, 1.807) is 12.4 Å². The van der Waals surface area contributed by atoms with Crippen LogP contribution in [-0.4, -0.2) is 50.6 Å². The van der Waals surface area contributed by atoms with Crippen molar-refractivity contribution < 1.29 is 23.6 Å². The largest absolute Gasteiger partial charge is 0.497 e. The molecule has 3 rings (SSSR count). The molecule has 1 heterocycles. The zero-order valence-electron chi connectivity index (χ0n) is 16.2. The van der Waals surface area contributed by atoms with Gasteiger partial charge in [0.15, 0.2) is 6.54 Å². The van der Waals surface area contributed by atoms with Crippen molar-refractivity contribution in [3.05, 3.63) is 59.7 Å². The second-order valence-electron chi connectivity index (χ2n) is 6.96. The van der Waals surface area contributed by atoms with Gasteiger partial charge in [-0.05, 0) is 43.3 Å². The number of piperazine rings is 1. The minimum absolute atomic E-state index is 0.0313. The summed E-state index contributed by atoms with van der Waals surface area (Å²) < 4.78 is 32.1. The summed E-state index contributed by atoms with van der Waals surface area (Å²) in [7, 11) is 1.64. The molecule has 28 heavy (non-hydrogen) atoms. The van der Waals surface area contributed by atoms with Gasteiger partial charge in [-0.15, -0.1) is 0 Å². The van der Waals surface area contributed by atoms with E-state index in [9.17, 15) is 13.6 Å². The molecule has 0 bridgehead atoms. The Labute approximate surface area is 163 Å². The molecule has 2 aromatic rings. The standard InChI is InChI=1S/C21H25F2N3O2/c1-15(19-8-3-16(22)13-20(19)23)24-14-21(27)26-11-9-25(10-12-26)17-4-6-18(28-2)7-5-17/h3-8,13,15,24H,9-12,14H2,1-2H3/p+1/t15-/m0/s1. The van der Waals surface area contributed by atoms with E-state index in [2.05, 4.69) is 4.90 Å². The van der Waals surface area contributed by atoms with Gasteiger partial charge in [0.25, 0.3) is 5.91 Å². The van der Waals surface area contributed by atoms with Crippen LogP contribution in [0.25, 0.3) is 0 Å². The van der Waals surface area contributed by atoms with Crippen molar-refractivity contribution in [3.8, 4) is 5.75 Å². The van der Waals surface area contributed by atoms with E-state index in [1.165, 1.54) is 12.1 Å². The highest BCUT2D eigenvalue weighted by molar-refractivity contribution is 5.77. The van der Waals surface area contributed by atoms with Crippen LogP contribution < -0.4 is 15.0 Å². The maximum atomic E-state index is 13.9. The maximum Gasteiger partial charge on any atom is 0.277 e. The Hall–Kier alpha value is -2.67. The van der Waals surface area contributed by atoms with Gasteiger partial charge in [-0.25, -0.2) is 8.78 Å². The van der Waals surface area contributed by atoms with Crippen LogP contribution in [0.15, 0.2) is 42.5 Å². The zero-order valence-corrected chi connectivity index (χ0v) is 16.2. The van der Waals surface area contributed by atoms with Gasteiger partial charge in [0.05, 0.1) is 7.11 Å². The molecule has 1 aliphatic heterocycles. The molecule has 1 saturated heterocycles. The number of carbonyl (C=O) groups is 1. The van der Waals surface area contributed by atoms with Crippen molar-refractivity contribution >= 4 is 11.6 Å². The molecule has 2 N–H and O–H groups in total. The summed E-state index contributed by atoms with van der Waals surface area (Å²) in [4.78, 5) is 16.6. The molecule has 5 nitrogen and oxygen atoms in total. The number of amides is 1. The van der Waals surface area contributed by atoms with Crippen LogP contribution >= 0.6 is 0 Å². The number of benzene rings is 2. The summed E-state index contributed by atoms with van der Waals surface area (Å²) in [5.74, 6) is -0.327. The number of hydrogen-bond donors (Lipinski definition) is 1. The van der Waals surface area contributed by atoms with Crippen LogP contribution in [0.3, 0.4) is 0 Å². The monoisotopic (exact) mass is 390 g/mol. The molecule has 2 aromatic carbocycles. The third-order valence-corrected chi connectivity index (χ3v) is 5.17. The fraction of sp³-hybridized carbons (Fsp3) is 0.381. The van der Waals surface area contributed by atoms with Gasteiger partial charge in [0.2, 0.25) is 0 Å². The Balaban J connectivity index is 1.48. The lowest BCUT2D eigenvalue weighted by Crippen LogP contribution is -2.87. The molecule has 0 unspecified atom stereocenters. The van der Waals surface area contributed by atoms with Crippen LogP contribution in [0.5, 0.6) is 5.75 Å².